The number of rotatable bonds is 2. The van der Waals surface area contributed by atoms with Crippen LogP contribution in [0.5, 0.6) is 0 Å². The van der Waals surface area contributed by atoms with Gasteiger partial charge in [-0.2, -0.15) is 0 Å². The minimum absolute atomic E-state index is 0.343. The zero-order valence-corrected chi connectivity index (χ0v) is 12.9. The molecule has 1 unspecified atom stereocenters. The molecule has 0 aliphatic heterocycles. The van der Waals surface area contributed by atoms with Gasteiger partial charge in [0.1, 0.15) is 0 Å². The molecule has 2 N–H and O–H groups in total. The molecule has 21 heavy (non-hydrogen) atoms. The van der Waals surface area contributed by atoms with E-state index in [1.807, 2.05) is 31.2 Å². The van der Waals surface area contributed by atoms with Gasteiger partial charge in [-0.25, -0.2) is 8.42 Å². The van der Waals surface area contributed by atoms with Crippen LogP contribution in [-0.2, 0) is 21.0 Å². The maximum absolute atomic E-state index is 13.1. The van der Waals surface area contributed by atoms with Gasteiger partial charge in [0.15, 0.2) is 9.84 Å². The summed E-state index contributed by atoms with van der Waals surface area (Å²) in [5.41, 5.74) is 8.32. The number of anilines is 1. The summed E-state index contributed by atoms with van der Waals surface area (Å²) in [5, 5.41) is 0. The Hall–Kier alpha value is -1.81. The van der Waals surface area contributed by atoms with Crippen LogP contribution in [0.1, 0.15) is 30.9 Å². The summed E-state index contributed by atoms with van der Waals surface area (Å²) in [6.45, 7) is 1.84. The van der Waals surface area contributed by atoms with Gasteiger partial charge in [0, 0.05) is 5.69 Å². The number of benzene rings is 2. The topological polar surface area (TPSA) is 60.2 Å². The van der Waals surface area contributed by atoms with Crippen molar-refractivity contribution >= 4 is 15.5 Å². The molecule has 0 spiro atoms. The lowest BCUT2D eigenvalue weighted by Gasteiger charge is -2.35. The molecule has 0 radical (unpaired) electrons. The van der Waals surface area contributed by atoms with Crippen molar-refractivity contribution in [2.24, 2.45) is 0 Å². The van der Waals surface area contributed by atoms with E-state index < -0.39 is 14.6 Å². The van der Waals surface area contributed by atoms with Crippen LogP contribution in [-0.4, -0.2) is 8.42 Å². The van der Waals surface area contributed by atoms with Crippen LogP contribution >= 0.6 is 0 Å². The molecule has 1 aliphatic rings. The van der Waals surface area contributed by atoms with Gasteiger partial charge in [0.25, 0.3) is 0 Å². The fourth-order valence-corrected chi connectivity index (χ4v) is 5.11. The van der Waals surface area contributed by atoms with Gasteiger partial charge >= 0.3 is 0 Å². The smallest absolute Gasteiger partial charge is 0.187 e. The fourth-order valence-electron chi connectivity index (χ4n) is 3.19. The summed E-state index contributed by atoms with van der Waals surface area (Å²) >= 11 is 0. The summed E-state index contributed by atoms with van der Waals surface area (Å²) in [6, 6.07) is 14.4. The summed E-state index contributed by atoms with van der Waals surface area (Å²) in [4.78, 5) is 0.343. The van der Waals surface area contributed by atoms with Crippen molar-refractivity contribution in [3.63, 3.8) is 0 Å². The lowest BCUT2D eigenvalue weighted by molar-refractivity contribution is 0.483. The van der Waals surface area contributed by atoms with Gasteiger partial charge < -0.3 is 5.73 Å². The molecular formula is C17H19NO2S. The van der Waals surface area contributed by atoms with Gasteiger partial charge in [-0.15, -0.1) is 0 Å². The molecule has 0 aromatic heterocycles. The van der Waals surface area contributed by atoms with Crippen molar-refractivity contribution in [1.29, 1.82) is 0 Å². The molecule has 2 aromatic rings. The number of hydrogen-bond acceptors (Lipinski definition) is 3. The van der Waals surface area contributed by atoms with E-state index in [2.05, 4.69) is 0 Å². The standard InChI is InChI=1S/C17H19NO2S/c1-17(12-4-6-13-5-2-3-7-16(13)17)21(19,20)15-10-8-14(18)9-11-15/h2-3,5,7-11H,4,6,12,18H2,1H3. The van der Waals surface area contributed by atoms with Gasteiger partial charge in [-0.1, -0.05) is 24.3 Å². The minimum Gasteiger partial charge on any atom is -0.399 e. The normalized spacial score (nSPS) is 21.8. The third kappa shape index (κ3) is 2.14. The predicted molar refractivity (Wildman–Crippen MR) is 84.8 cm³/mol. The Morgan fingerprint density at radius 1 is 1.05 bits per heavy atom. The molecule has 0 heterocycles. The van der Waals surface area contributed by atoms with Crippen LogP contribution in [0.2, 0.25) is 0 Å². The third-order valence-corrected chi connectivity index (χ3v) is 6.97. The van der Waals surface area contributed by atoms with Gasteiger partial charge in [-0.3, -0.25) is 0 Å². The van der Waals surface area contributed by atoms with Crippen LogP contribution < -0.4 is 5.73 Å². The fraction of sp³-hybridized carbons (Fsp3) is 0.294. The number of nitrogen functional groups attached to an aromatic ring is 1. The summed E-state index contributed by atoms with van der Waals surface area (Å²) in [5.74, 6) is 0. The molecule has 110 valence electrons. The summed E-state index contributed by atoms with van der Waals surface area (Å²) < 4.78 is 25.4. The highest BCUT2D eigenvalue weighted by Gasteiger charge is 2.44. The largest absolute Gasteiger partial charge is 0.399 e. The first-order valence-corrected chi connectivity index (χ1v) is 8.62. The average Bonchev–Trinajstić information content (AvgIpc) is 2.48. The van der Waals surface area contributed by atoms with Gasteiger partial charge in [0.2, 0.25) is 0 Å². The Morgan fingerprint density at radius 3 is 2.43 bits per heavy atom. The van der Waals surface area contributed by atoms with E-state index in [9.17, 15) is 8.42 Å². The first-order chi connectivity index (χ1) is 9.95. The lowest BCUT2D eigenvalue weighted by Crippen LogP contribution is -2.36. The SMILES string of the molecule is CC1(S(=O)(=O)c2ccc(N)cc2)CCCc2ccccc21. The maximum atomic E-state index is 13.1. The second-order valence-electron chi connectivity index (χ2n) is 5.81. The van der Waals surface area contributed by atoms with Crippen molar-refractivity contribution in [1.82, 2.24) is 0 Å². The van der Waals surface area contributed by atoms with Crippen molar-refractivity contribution in [3.05, 3.63) is 59.7 Å². The minimum atomic E-state index is -3.45. The highest BCUT2D eigenvalue weighted by molar-refractivity contribution is 7.92. The first-order valence-electron chi connectivity index (χ1n) is 7.14. The molecule has 2 aromatic carbocycles. The highest BCUT2D eigenvalue weighted by Crippen LogP contribution is 2.44. The molecule has 0 fully saturated rings. The van der Waals surface area contributed by atoms with Crippen molar-refractivity contribution in [2.75, 3.05) is 5.73 Å². The van der Waals surface area contributed by atoms with Crippen LogP contribution in [0.15, 0.2) is 53.4 Å². The summed E-state index contributed by atoms with van der Waals surface area (Å²) in [7, 11) is -3.45. The molecule has 3 rings (SSSR count). The van der Waals surface area contributed by atoms with E-state index in [1.165, 1.54) is 0 Å². The molecule has 4 heteroatoms. The van der Waals surface area contributed by atoms with Crippen LogP contribution in [0.4, 0.5) is 5.69 Å². The van der Waals surface area contributed by atoms with Crippen molar-refractivity contribution in [2.45, 2.75) is 35.8 Å². The predicted octanol–water partition coefficient (Wildman–Crippen LogP) is 3.29. The van der Waals surface area contributed by atoms with Gasteiger partial charge in [0.05, 0.1) is 9.64 Å². The second-order valence-corrected chi connectivity index (χ2v) is 8.19. The number of hydrogen-bond donors (Lipinski definition) is 1. The summed E-state index contributed by atoms with van der Waals surface area (Å²) in [6.07, 6.45) is 2.49. The molecule has 0 amide bonds. The maximum Gasteiger partial charge on any atom is 0.187 e. The molecule has 1 atom stereocenters. The zero-order chi connectivity index (χ0) is 15.1. The van der Waals surface area contributed by atoms with Crippen LogP contribution in [0.3, 0.4) is 0 Å². The highest BCUT2D eigenvalue weighted by atomic mass is 32.2. The van der Waals surface area contributed by atoms with E-state index in [0.29, 0.717) is 17.0 Å². The molecule has 0 bridgehead atoms. The lowest BCUT2D eigenvalue weighted by atomic mass is 9.83. The quantitative estimate of drug-likeness (QED) is 0.866. The Balaban J connectivity index is 2.17. The second kappa shape index (κ2) is 4.88. The third-order valence-electron chi connectivity index (χ3n) is 4.47. The van der Waals surface area contributed by atoms with E-state index in [4.69, 9.17) is 5.73 Å². The number of aryl methyl sites for hydroxylation is 1. The molecular weight excluding hydrogens is 282 g/mol. The Kier molecular flexibility index (Phi) is 3.29. The van der Waals surface area contributed by atoms with E-state index in [0.717, 1.165) is 24.0 Å². The average molecular weight is 301 g/mol. The first kappa shape index (κ1) is 14.1. The van der Waals surface area contributed by atoms with E-state index >= 15 is 0 Å². The Bertz CT molecular complexity index is 766. The molecule has 3 nitrogen and oxygen atoms in total. The Morgan fingerprint density at radius 2 is 1.71 bits per heavy atom. The molecule has 0 saturated carbocycles. The van der Waals surface area contributed by atoms with Crippen molar-refractivity contribution in [3.8, 4) is 0 Å². The van der Waals surface area contributed by atoms with Crippen LogP contribution in [0.25, 0.3) is 0 Å². The molecule has 1 aliphatic carbocycles. The van der Waals surface area contributed by atoms with Gasteiger partial charge in [-0.05, 0) is 61.6 Å². The zero-order valence-electron chi connectivity index (χ0n) is 12.0. The number of sulfone groups is 1. The Labute approximate surface area is 125 Å². The number of fused-ring (bicyclic) bond motifs is 1. The van der Waals surface area contributed by atoms with Crippen molar-refractivity contribution < 1.29 is 8.42 Å². The molecule has 0 saturated heterocycles. The monoisotopic (exact) mass is 301 g/mol. The van der Waals surface area contributed by atoms with E-state index in [-0.39, 0.29) is 0 Å². The number of nitrogens with two attached hydrogens (primary N) is 1. The van der Waals surface area contributed by atoms with Crippen LogP contribution in [0, 0.1) is 0 Å². The van der Waals surface area contributed by atoms with E-state index in [1.54, 1.807) is 24.3 Å².